The minimum Gasteiger partial charge on any atom is -0.739 e. The Hall–Kier alpha value is -3.05. The number of benzene rings is 1. The summed E-state index contributed by atoms with van der Waals surface area (Å²) in [6.07, 6.45) is -5.30. The summed E-state index contributed by atoms with van der Waals surface area (Å²) < 4.78 is 45.5. The van der Waals surface area contributed by atoms with Gasteiger partial charge in [-0.2, -0.15) is 0 Å². The normalized spacial score (nSPS) is 11.6. The minimum absolute atomic E-state index is 0.0122. The summed E-state index contributed by atoms with van der Waals surface area (Å²) in [6.45, 7) is 3.33. The summed E-state index contributed by atoms with van der Waals surface area (Å²) in [5.74, 6) is -1.57. The van der Waals surface area contributed by atoms with Gasteiger partial charge in [0.15, 0.2) is 5.52 Å². The van der Waals surface area contributed by atoms with E-state index in [4.69, 9.17) is 4.74 Å². The van der Waals surface area contributed by atoms with Gasteiger partial charge in [0.05, 0.1) is 25.1 Å². The first-order chi connectivity index (χ1) is 12.1. The SMILES string of the molecule is CC(C)OC(=O)CCNc1n[n+]([O-])c2cc(OC(F)(F)F)ccc2[n+]1[O-]. The maximum absolute atomic E-state index is 12.2. The van der Waals surface area contributed by atoms with E-state index < -0.39 is 29.5 Å². The van der Waals surface area contributed by atoms with Gasteiger partial charge in [-0.05, 0) is 26.0 Å². The summed E-state index contributed by atoms with van der Waals surface area (Å²) >= 11 is 0. The third-order valence-electron chi connectivity index (χ3n) is 2.96. The molecule has 0 saturated carbocycles. The lowest BCUT2D eigenvalue weighted by molar-refractivity contribution is -0.672. The summed E-state index contributed by atoms with van der Waals surface area (Å²) in [5.41, 5.74) is -0.636. The lowest BCUT2D eigenvalue weighted by Gasteiger charge is -2.12. The average Bonchev–Trinajstić information content (AvgIpc) is 2.49. The largest absolute Gasteiger partial charge is 0.739 e. The Kier molecular flexibility index (Phi) is 5.53. The molecule has 2 aromatic rings. The number of hydrogen-bond acceptors (Lipinski definition) is 7. The number of halogens is 3. The molecule has 0 aliphatic heterocycles. The van der Waals surface area contributed by atoms with Crippen LogP contribution in [0.2, 0.25) is 0 Å². The molecule has 142 valence electrons. The van der Waals surface area contributed by atoms with Crippen LogP contribution in [0.1, 0.15) is 20.3 Å². The highest BCUT2D eigenvalue weighted by molar-refractivity contribution is 5.71. The second kappa shape index (κ2) is 7.45. The molecular weight excluding hydrogens is 361 g/mol. The molecule has 0 spiro atoms. The van der Waals surface area contributed by atoms with E-state index in [2.05, 4.69) is 15.2 Å². The molecule has 0 aliphatic rings. The van der Waals surface area contributed by atoms with Crippen LogP contribution in [0.4, 0.5) is 19.1 Å². The third-order valence-corrected chi connectivity index (χ3v) is 2.96. The number of aromatic nitrogens is 3. The van der Waals surface area contributed by atoms with E-state index in [-0.39, 0.29) is 34.2 Å². The Balaban J connectivity index is 2.19. The standard InChI is InChI=1S/C14H15F3N4O5/c1-8(2)25-12(22)5-6-18-13-19-21(24)11-7-9(26-14(15,16)17)3-4-10(11)20(13)23/h3-4,7-8H,5-6H2,1-2H3,(H,18,19). The minimum atomic E-state index is -4.94. The number of carbonyl (C=O) groups excluding carboxylic acids is 1. The second-order valence-electron chi connectivity index (χ2n) is 5.40. The lowest BCUT2D eigenvalue weighted by atomic mass is 10.3. The zero-order valence-electron chi connectivity index (χ0n) is 13.7. The molecule has 1 aromatic heterocycles. The lowest BCUT2D eigenvalue weighted by Crippen LogP contribution is -2.44. The molecule has 0 bridgehead atoms. The number of ether oxygens (including phenoxy) is 2. The zero-order chi connectivity index (χ0) is 19.5. The van der Waals surface area contributed by atoms with Gasteiger partial charge in [-0.1, -0.05) is 0 Å². The molecule has 0 aliphatic carbocycles. The van der Waals surface area contributed by atoms with Crippen molar-refractivity contribution in [2.24, 2.45) is 0 Å². The van der Waals surface area contributed by atoms with Crippen LogP contribution in [-0.4, -0.2) is 30.1 Å². The van der Waals surface area contributed by atoms with E-state index in [9.17, 15) is 28.4 Å². The van der Waals surface area contributed by atoms with Crippen LogP contribution < -0.4 is 19.6 Å². The molecule has 0 amide bonds. The Morgan fingerprint density at radius 2 is 2.00 bits per heavy atom. The van der Waals surface area contributed by atoms with E-state index in [0.29, 0.717) is 0 Å². The van der Waals surface area contributed by atoms with Crippen LogP contribution >= 0.6 is 0 Å². The van der Waals surface area contributed by atoms with Gasteiger partial charge in [-0.25, -0.2) is 4.73 Å². The fourth-order valence-corrected chi connectivity index (χ4v) is 2.03. The van der Waals surface area contributed by atoms with Gasteiger partial charge in [0, 0.05) is 4.85 Å². The number of anilines is 1. The summed E-state index contributed by atoms with van der Waals surface area (Å²) in [4.78, 5) is 11.4. The summed E-state index contributed by atoms with van der Waals surface area (Å²) in [7, 11) is 0. The first-order valence-electron chi connectivity index (χ1n) is 7.43. The van der Waals surface area contributed by atoms with Crippen molar-refractivity contribution in [1.29, 1.82) is 0 Å². The highest BCUT2D eigenvalue weighted by Crippen LogP contribution is 2.24. The predicted molar refractivity (Wildman–Crippen MR) is 80.7 cm³/mol. The Bertz CT molecular complexity index is 813. The number of carbonyl (C=O) groups is 1. The molecule has 1 N–H and O–H groups in total. The van der Waals surface area contributed by atoms with Crippen LogP contribution in [0, 0.1) is 10.4 Å². The Morgan fingerprint density at radius 3 is 2.62 bits per heavy atom. The maximum Gasteiger partial charge on any atom is 0.573 e. The molecule has 0 fully saturated rings. The monoisotopic (exact) mass is 376 g/mol. The molecule has 1 aromatic carbocycles. The number of nitrogens with one attached hydrogen (secondary N) is 1. The van der Waals surface area contributed by atoms with Gasteiger partial charge in [-0.15, -0.1) is 13.2 Å². The van der Waals surface area contributed by atoms with E-state index in [1.165, 1.54) is 0 Å². The second-order valence-corrected chi connectivity index (χ2v) is 5.40. The molecule has 1 heterocycles. The van der Waals surface area contributed by atoms with E-state index in [1.54, 1.807) is 13.8 Å². The van der Waals surface area contributed by atoms with Crippen molar-refractivity contribution >= 4 is 23.0 Å². The highest BCUT2D eigenvalue weighted by atomic mass is 19.4. The average molecular weight is 376 g/mol. The van der Waals surface area contributed by atoms with Gasteiger partial charge in [0.2, 0.25) is 5.10 Å². The Labute approximate surface area is 145 Å². The smallest absolute Gasteiger partial charge is 0.573 e. The van der Waals surface area contributed by atoms with Crippen molar-refractivity contribution in [2.75, 3.05) is 11.9 Å². The molecule has 9 nitrogen and oxygen atoms in total. The Morgan fingerprint density at radius 1 is 1.31 bits per heavy atom. The van der Waals surface area contributed by atoms with Crippen LogP contribution in [0.5, 0.6) is 5.75 Å². The first kappa shape index (κ1) is 19.3. The van der Waals surface area contributed by atoms with E-state index in [0.717, 1.165) is 18.2 Å². The molecule has 26 heavy (non-hydrogen) atoms. The van der Waals surface area contributed by atoms with Crippen LogP contribution in [0.15, 0.2) is 18.2 Å². The summed E-state index contributed by atoms with van der Waals surface area (Å²) in [6, 6.07) is 2.65. The number of nitrogens with zero attached hydrogens (tertiary/aromatic N) is 3. The van der Waals surface area contributed by atoms with Gasteiger partial charge in [0.1, 0.15) is 5.75 Å². The van der Waals surface area contributed by atoms with Crippen molar-refractivity contribution in [3.05, 3.63) is 28.6 Å². The number of fused-ring (bicyclic) bond motifs is 1. The molecule has 0 atom stereocenters. The zero-order valence-corrected chi connectivity index (χ0v) is 13.7. The van der Waals surface area contributed by atoms with Crippen molar-refractivity contribution in [3.63, 3.8) is 0 Å². The molecular formula is C14H15F3N4O5. The van der Waals surface area contributed by atoms with Gasteiger partial charge in [0.25, 0.3) is 0 Å². The number of alkyl halides is 3. The quantitative estimate of drug-likeness (QED) is 0.457. The molecule has 0 radical (unpaired) electrons. The van der Waals surface area contributed by atoms with Gasteiger partial charge < -0.3 is 19.9 Å². The topological polar surface area (TPSA) is 114 Å². The summed E-state index contributed by atoms with van der Waals surface area (Å²) in [5, 5.41) is 30.0. The molecule has 0 saturated heterocycles. The van der Waals surface area contributed by atoms with Crippen LogP contribution in [-0.2, 0) is 9.53 Å². The molecule has 2 rings (SSSR count). The van der Waals surface area contributed by atoms with Gasteiger partial charge >= 0.3 is 23.8 Å². The number of rotatable bonds is 6. The van der Waals surface area contributed by atoms with Crippen molar-refractivity contribution < 1.29 is 37.0 Å². The molecule has 0 unspecified atom stereocenters. The third kappa shape index (κ3) is 4.97. The number of hydrogen-bond donors (Lipinski definition) is 1. The van der Waals surface area contributed by atoms with Crippen molar-refractivity contribution in [1.82, 2.24) is 5.10 Å². The van der Waals surface area contributed by atoms with E-state index >= 15 is 0 Å². The van der Waals surface area contributed by atoms with Gasteiger partial charge in [-0.3, -0.25) is 10.1 Å². The van der Waals surface area contributed by atoms with Crippen molar-refractivity contribution in [2.45, 2.75) is 32.7 Å². The number of esters is 1. The molecule has 12 heteroatoms. The van der Waals surface area contributed by atoms with Crippen LogP contribution in [0.25, 0.3) is 11.0 Å². The highest BCUT2D eigenvalue weighted by Gasteiger charge is 2.32. The predicted octanol–water partition coefficient (Wildman–Crippen LogP) is 1.15. The first-order valence-corrected chi connectivity index (χ1v) is 7.43. The maximum atomic E-state index is 12.2. The van der Waals surface area contributed by atoms with E-state index in [1.807, 2.05) is 0 Å². The fraction of sp³-hybridized carbons (Fsp3) is 0.429. The van der Waals surface area contributed by atoms with Crippen LogP contribution in [0.3, 0.4) is 0 Å². The fourth-order valence-electron chi connectivity index (χ4n) is 2.03. The van der Waals surface area contributed by atoms with Crippen molar-refractivity contribution in [3.8, 4) is 5.75 Å².